The number of carbonyl (C=O) groups is 1. The number of rotatable bonds is 4. The molecule has 0 aromatic heterocycles. The predicted octanol–water partition coefficient (Wildman–Crippen LogP) is 2.78. The molecule has 0 bridgehead atoms. The maximum atomic E-state index is 12.3. The third-order valence-electron chi connectivity index (χ3n) is 3.97. The first kappa shape index (κ1) is 13.9. The molecule has 0 spiro atoms. The molecule has 1 saturated carbocycles. The van der Waals surface area contributed by atoms with Crippen LogP contribution >= 0.6 is 0 Å². The molecule has 0 atom stereocenters. The zero-order chi connectivity index (χ0) is 13.7. The Morgan fingerprint density at radius 1 is 1.32 bits per heavy atom. The number of likely N-dealkylation sites (N-methyl/N-ethyl adjacent to an activating group) is 1. The van der Waals surface area contributed by atoms with Gasteiger partial charge in [0.1, 0.15) is 5.75 Å². The summed E-state index contributed by atoms with van der Waals surface area (Å²) >= 11 is 0. The molecule has 4 nitrogen and oxygen atoms in total. The van der Waals surface area contributed by atoms with Crippen molar-refractivity contribution in [1.82, 2.24) is 4.90 Å². The van der Waals surface area contributed by atoms with Crippen molar-refractivity contribution in [3.8, 4) is 5.75 Å². The van der Waals surface area contributed by atoms with Gasteiger partial charge in [-0.1, -0.05) is 31.0 Å². The number of carbonyl (C=O) groups excluding carboxylic acids is 1. The minimum atomic E-state index is -0.291. The number of ether oxygens (including phenoxy) is 1. The molecule has 1 aromatic carbocycles. The van der Waals surface area contributed by atoms with Gasteiger partial charge < -0.3 is 15.4 Å². The lowest BCUT2D eigenvalue weighted by molar-refractivity contribution is 0.0905. The molecule has 1 aliphatic rings. The molecule has 4 heteroatoms. The van der Waals surface area contributed by atoms with Gasteiger partial charge in [-0.05, 0) is 31.9 Å². The number of hydrogen-bond acceptors (Lipinski definition) is 3. The molecule has 2 N–H and O–H groups in total. The Labute approximate surface area is 114 Å². The fourth-order valence-corrected chi connectivity index (χ4v) is 2.92. The van der Waals surface area contributed by atoms with Crippen molar-refractivity contribution < 1.29 is 9.53 Å². The summed E-state index contributed by atoms with van der Waals surface area (Å²) in [6.07, 6.45) is 3.92. The van der Waals surface area contributed by atoms with E-state index in [1.165, 1.54) is 0 Å². The minimum absolute atomic E-state index is 0.208. The Morgan fingerprint density at radius 3 is 2.47 bits per heavy atom. The number of hydrogen-bond donors (Lipinski definition) is 1. The first-order valence-corrected chi connectivity index (χ1v) is 6.96. The fraction of sp³-hybridized carbons (Fsp3) is 0.533. The monoisotopic (exact) mass is 262 g/mol. The van der Waals surface area contributed by atoms with Gasteiger partial charge in [-0.25, -0.2) is 4.79 Å². The second-order valence-corrected chi connectivity index (χ2v) is 5.06. The van der Waals surface area contributed by atoms with Gasteiger partial charge >= 0.3 is 6.09 Å². The van der Waals surface area contributed by atoms with Crippen LogP contribution in [0.15, 0.2) is 30.3 Å². The molecule has 19 heavy (non-hydrogen) atoms. The van der Waals surface area contributed by atoms with Gasteiger partial charge in [-0.15, -0.1) is 0 Å². The van der Waals surface area contributed by atoms with E-state index in [1.54, 1.807) is 17.0 Å². The number of para-hydroxylation sites is 1. The van der Waals surface area contributed by atoms with Crippen LogP contribution in [0.3, 0.4) is 0 Å². The first-order valence-electron chi connectivity index (χ1n) is 6.96. The van der Waals surface area contributed by atoms with E-state index in [-0.39, 0.29) is 11.6 Å². The predicted molar refractivity (Wildman–Crippen MR) is 75.1 cm³/mol. The van der Waals surface area contributed by atoms with E-state index in [0.717, 1.165) is 25.7 Å². The molecule has 0 heterocycles. The highest BCUT2D eigenvalue weighted by Gasteiger charge is 2.41. The van der Waals surface area contributed by atoms with Crippen molar-refractivity contribution in [2.75, 3.05) is 13.1 Å². The van der Waals surface area contributed by atoms with Crippen LogP contribution in [0.4, 0.5) is 4.79 Å². The fourth-order valence-electron chi connectivity index (χ4n) is 2.92. The minimum Gasteiger partial charge on any atom is -0.410 e. The molecular formula is C15H22N2O2. The maximum absolute atomic E-state index is 12.3. The Hall–Kier alpha value is -1.55. The molecule has 1 fully saturated rings. The molecule has 1 amide bonds. The van der Waals surface area contributed by atoms with Gasteiger partial charge in [-0.3, -0.25) is 0 Å². The van der Waals surface area contributed by atoms with Crippen molar-refractivity contribution in [3.63, 3.8) is 0 Å². The molecule has 104 valence electrons. The topological polar surface area (TPSA) is 55.6 Å². The van der Waals surface area contributed by atoms with Crippen LogP contribution in [0.1, 0.15) is 32.6 Å². The van der Waals surface area contributed by atoms with E-state index in [4.69, 9.17) is 10.5 Å². The summed E-state index contributed by atoms with van der Waals surface area (Å²) in [5, 5.41) is 0. The summed E-state index contributed by atoms with van der Waals surface area (Å²) in [7, 11) is 0. The lowest BCUT2D eigenvalue weighted by atomic mass is 9.95. The Balaban J connectivity index is 2.11. The van der Waals surface area contributed by atoms with E-state index in [1.807, 2.05) is 25.1 Å². The Morgan fingerprint density at radius 2 is 1.95 bits per heavy atom. The summed E-state index contributed by atoms with van der Waals surface area (Å²) in [5.41, 5.74) is 5.72. The summed E-state index contributed by atoms with van der Waals surface area (Å²) in [5.74, 6) is 0.580. The van der Waals surface area contributed by atoms with Crippen molar-refractivity contribution in [1.29, 1.82) is 0 Å². The molecule has 0 saturated heterocycles. The van der Waals surface area contributed by atoms with E-state index < -0.39 is 0 Å². The summed E-state index contributed by atoms with van der Waals surface area (Å²) in [4.78, 5) is 14.1. The molecule has 0 aliphatic heterocycles. The van der Waals surface area contributed by atoms with Crippen LogP contribution in [0, 0.1) is 0 Å². The van der Waals surface area contributed by atoms with Crippen LogP contribution in [-0.2, 0) is 0 Å². The van der Waals surface area contributed by atoms with Gasteiger partial charge in [0, 0.05) is 13.1 Å². The smallest absolute Gasteiger partial charge is 0.410 e. The molecule has 0 unspecified atom stereocenters. The van der Waals surface area contributed by atoms with Gasteiger partial charge in [0.05, 0.1) is 5.54 Å². The zero-order valence-electron chi connectivity index (χ0n) is 11.5. The zero-order valence-corrected chi connectivity index (χ0v) is 11.5. The van der Waals surface area contributed by atoms with E-state index in [2.05, 4.69) is 0 Å². The highest BCUT2D eigenvalue weighted by atomic mass is 16.6. The second-order valence-electron chi connectivity index (χ2n) is 5.06. The summed E-state index contributed by atoms with van der Waals surface area (Å²) in [6, 6.07) is 9.18. The van der Waals surface area contributed by atoms with Gasteiger partial charge in [0.25, 0.3) is 0 Å². The number of nitrogens with zero attached hydrogens (tertiary/aromatic N) is 1. The normalized spacial score (nSPS) is 17.2. The molecule has 1 aromatic rings. The molecule has 2 rings (SSSR count). The molecule has 1 aliphatic carbocycles. The third kappa shape index (κ3) is 2.89. The van der Waals surface area contributed by atoms with Crippen molar-refractivity contribution >= 4 is 6.09 Å². The quantitative estimate of drug-likeness (QED) is 0.907. The van der Waals surface area contributed by atoms with Crippen LogP contribution in [0.5, 0.6) is 5.75 Å². The van der Waals surface area contributed by atoms with Gasteiger partial charge in [-0.2, -0.15) is 0 Å². The largest absolute Gasteiger partial charge is 0.415 e. The average Bonchev–Trinajstić information content (AvgIpc) is 2.90. The summed E-state index contributed by atoms with van der Waals surface area (Å²) < 4.78 is 5.44. The van der Waals surface area contributed by atoms with Crippen LogP contribution in [0.25, 0.3) is 0 Å². The van der Waals surface area contributed by atoms with E-state index in [9.17, 15) is 4.79 Å². The Bertz CT molecular complexity index is 413. The van der Waals surface area contributed by atoms with Crippen LogP contribution < -0.4 is 10.5 Å². The highest BCUT2D eigenvalue weighted by molar-refractivity contribution is 5.71. The maximum Gasteiger partial charge on any atom is 0.415 e. The Kier molecular flexibility index (Phi) is 4.43. The second kappa shape index (κ2) is 6.06. The summed E-state index contributed by atoms with van der Waals surface area (Å²) in [6.45, 7) is 3.11. The third-order valence-corrected chi connectivity index (χ3v) is 3.97. The molecular weight excluding hydrogens is 240 g/mol. The highest BCUT2D eigenvalue weighted by Crippen LogP contribution is 2.34. The first-order chi connectivity index (χ1) is 9.22. The van der Waals surface area contributed by atoms with Crippen LogP contribution in [0.2, 0.25) is 0 Å². The van der Waals surface area contributed by atoms with Gasteiger partial charge in [0.15, 0.2) is 0 Å². The number of amides is 1. The standard InChI is InChI=1S/C15H22N2O2/c1-2-17(15(12-16)10-6-7-11-15)14(18)19-13-8-4-3-5-9-13/h3-5,8-9H,2,6-7,10-12,16H2,1H3. The lowest BCUT2D eigenvalue weighted by Gasteiger charge is -2.39. The van der Waals surface area contributed by atoms with Crippen molar-refractivity contribution in [2.45, 2.75) is 38.1 Å². The van der Waals surface area contributed by atoms with E-state index in [0.29, 0.717) is 18.8 Å². The van der Waals surface area contributed by atoms with Gasteiger partial charge in [0.2, 0.25) is 0 Å². The van der Waals surface area contributed by atoms with Crippen molar-refractivity contribution in [3.05, 3.63) is 30.3 Å². The lowest BCUT2D eigenvalue weighted by Crippen LogP contribution is -2.55. The SMILES string of the molecule is CCN(C(=O)Oc1ccccc1)C1(CN)CCCC1. The number of benzene rings is 1. The number of nitrogens with two attached hydrogens (primary N) is 1. The van der Waals surface area contributed by atoms with Crippen LogP contribution in [-0.4, -0.2) is 29.6 Å². The van der Waals surface area contributed by atoms with Crippen molar-refractivity contribution in [2.24, 2.45) is 5.73 Å². The van der Waals surface area contributed by atoms with E-state index >= 15 is 0 Å². The average molecular weight is 262 g/mol. The molecule has 0 radical (unpaired) electrons.